The molecule has 0 N–H and O–H groups in total. The minimum absolute atomic E-state index is 0.190. The van der Waals surface area contributed by atoms with Crippen LogP contribution in [-0.4, -0.2) is 61.3 Å². The molecule has 170 valence electrons. The number of rotatable bonds is 7. The van der Waals surface area contributed by atoms with E-state index in [4.69, 9.17) is 4.74 Å². The van der Waals surface area contributed by atoms with Crippen molar-refractivity contribution in [3.8, 4) is 0 Å². The fourth-order valence-corrected chi connectivity index (χ4v) is 5.42. The lowest BCUT2D eigenvalue weighted by Gasteiger charge is -2.39. The average Bonchev–Trinajstić information content (AvgIpc) is 3.34. The maximum Gasteiger partial charge on any atom is 0.409 e. The summed E-state index contributed by atoms with van der Waals surface area (Å²) in [6.45, 7) is 4.88. The molecule has 3 heterocycles. The Morgan fingerprint density at radius 1 is 0.938 bits per heavy atom. The normalized spacial score (nSPS) is 22.8. The van der Waals surface area contributed by atoms with E-state index < -0.39 is 0 Å². The Bertz CT molecular complexity index is 968. The molecule has 2 fully saturated rings. The number of halogens is 2. The van der Waals surface area contributed by atoms with Gasteiger partial charge in [-0.05, 0) is 73.8 Å². The molecule has 3 aliphatic rings. The number of likely N-dealkylation sites (tertiary alicyclic amines) is 1. The van der Waals surface area contributed by atoms with E-state index >= 15 is 0 Å². The van der Waals surface area contributed by atoms with Gasteiger partial charge in [0.05, 0.1) is 6.54 Å². The number of carbonyl (C=O) groups excluding carboxylic acids is 1. The first-order valence-electron chi connectivity index (χ1n) is 11.6. The van der Waals surface area contributed by atoms with Gasteiger partial charge in [-0.1, -0.05) is 6.42 Å². The zero-order chi connectivity index (χ0) is 22.1. The third-order valence-electron chi connectivity index (χ3n) is 6.99. The highest BCUT2D eigenvalue weighted by atomic mass is 19.1. The molecule has 0 aliphatic carbocycles. The van der Waals surface area contributed by atoms with Gasteiger partial charge in [-0.15, -0.1) is 0 Å². The summed E-state index contributed by atoms with van der Waals surface area (Å²) < 4.78 is 32.6. The molecule has 2 unspecified atom stereocenters. The van der Waals surface area contributed by atoms with Crippen LogP contribution >= 0.6 is 0 Å². The molecule has 0 bridgehead atoms. The zero-order valence-electron chi connectivity index (χ0n) is 18.2. The molecule has 5 rings (SSSR count). The van der Waals surface area contributed by atoms with Crippen LogP contribution in [0.3, 0.4) is 0 Å². The van der Waals surface area contributed by atoms with Gasteiger partial charge in [-0.25, -0.2) is 13.6 Å². The summed E-state index contributed by atoms with van der Waals surface area (Å²) in [5.41, 5.74) is 3.05. The summed E-state index contributed by atoms with van der Waals surface area (Å²) in [5, 5.41) is 0. The maximum absolute atomic E-state index is 14.1. The number of benzene rings is 2. The predicted octanol–water partition coefficient (Wildman–Crippen LogP) is 4.90. The van der Waals surface area contributed by atoms with Gasteiger partial charge in [0.25, 0.3) is 0 Å². The second-order valence-corrected chi connectivity index (χ2v) is 8.97. The van der Waals surface area contributed by atoms with Gasteiger partial charge in [0.15, 0.2) is 0 Å². The third kappa shape index (κ3) is 4.18. The first-order chi connectivity index (χ1) is 15.6. The van der Waals surface area contributed by atoms with Crippen molar-refractivity contribution in [2.24, 2.45) is 0 Å². The van der Waals surface area contributed by atoms with Gasteiger partial charge >= 0.3 is 6.09 Å². The summed E-state index contributed by atoms with van der Waals surface area (Å²) in [6, 6.07) is 11.9. The summed E-state index contributed by atoms with van der Waals surface area (Å²) in [4.78, 5) is 18.0. The molecule has 0 aromatic heterocycles. The predicted molar refractivity (Wildman–Crippen MR) is 119 cm³/mol. The molecule has 0 saturated carbocycles. The number of unbranched alkanes of at least 4 members (excludes halogenated alkanes) is 2. The Morgan fingerprint density at radius 3 is 2.50 bits per heavy atom. The molecule has 2 saturated heterocycles. The van der Waals surface area contributed by atoms with Crippen molar-refractivity contribution in [1.82, 2.24) is 9.80 Å². The van der Waals surface area contributed by atoms with E-state index in [9.17, 15) is 13.6 Å². The van der Waals surface area contributed by atoms with E-state index in [0.717, 1.165) is 68.8 Å². The molecule has 5 nitrogen and oxygen atoms in total. The monoisotopic (exact) mass is 441 g/mol. The zero-order valence-corrected chi connectivity index (χ0v) is 18.2. The van der Waals surface area contributed by atoms with Gasteiger partial charge < -0.3 is 19.4 Å². The second kappa shape index (κ2) is 9.06. The van der Waals surface area contributed by atoms with Crippen LogP contribution in [0.4, 0.5) is 25.0 Å². The van der Waals surface area contributed by atoms with E-state index in [0.29, 0.717) is 13.2 Å². The van der Waals surface area contributed by atoms with Crippen LogP contribution in [0, 0.1) is 11.6 Å². The molecule has 2 aromatic rings. The molecule has 2 atom stereocenters. The van der Waals surface area contributed by atoms with Crippen molar-refractivity contribution >= 4 is 17.5 Å². The van der Waals surface area contributed by atoms with Crippen LogP contribution in [0.5, 0.6) is 0 Å². The van der Waals surface area contributed by atoms with Gasteiger partial charge in [0.1, 0.15) is 18.2 Å². The van der Waals surface area contributed by atoms with Crippen molar-refractivity contribution in [2.45, 2.75) is 37.6 Å². The molecule has 2 aromatic carbocycles. The number of hydrogen-bond acceptors (Lipinski definition) is 4. The number of nitrogens with zero attached hydrogens (tertiary/aromatic N) is 3. The Labute approximate surface area is 187 Å². The van der Waals surface area contributed by atoms with E-state index in [1.54, 1.807) is 11.0 Å². The lowest BCUT2D eigenvalue weighted by atomic mass is 9.89. The molecule has 0 spiro atoms. The van der Waals surface area contributed by atoms with E-state index in [1.165, 1.54) is 18.2 Å². The third-order valence-corrected chi connectivity index (χ3v) is 6.99. The number of piperidine rings is 1. The quantitative estimate of drug-likeness (QED) is 0.573. The van der Waals surface area contributed by atoms with Gasteiger partial charge in [0, 0.05) is 43.0 Å². The van der Waals surface area contributed by atoms with Gasteiger partial charge in [0.2, 0.25) is 0 Å². The second-order valence-electron chi connectivity index (χ2n) is 8.97. The van der Waals surface area contributed by atoms with Crippen LogP contribution in [0.2, 0.25) is 0 Å². The molecule has 1 amide bonds. The fourth-order valence-electron chi connectivity index (χ4n) is 5.42. The van der Waals surface area contributed by atoms with Crippen LogP contribution in [-0.2, 0) is 4.74 Å². The van der Waals surface area contributed by atoms with E-state index in [-0.39, 0.29) is 29.7 Å². The van der Waals surface area contributed by atoms with Crippen molar-refractivity contribution in [3.05, 3.63) is 59.7 Å². The summed E-state index contributed by atoms with van der Waals surface area (Å²) >= 11 is 0. The van der Waals surface area contributed by atoms with Crippen LogP contribution in [0.25, 0.3) is 0 Å². The maximum atomic E-state index is 14.1. The summed E-state index contributed by atoms with van der Waals surface area (Å²) in [7, 11) is 0. The number of fused-ring (bicyclic) bond motifs is 3. The topological polar surface area (TPSA) is 36.0 Å². The minimum atomic E-state index is -0.250. The highest BCUT2D eigenvalue weighted by Gasteiger charge is 2.42. The fraction of sp³-hybridized carbons (Fsp3) is 0.480. The first-order valence-corrected chi connectivity index (χ1v) is 11.6. The van der Waals surface area contributed by atoms with Gasteiger partial charge in [-0.2, -0.15) is 0 Å². The average molecular weight is 442 g/mol. The first kappa shape index (κ1) is 21.2. The molecule has 32 heavy (non-hydrogen) atoms. The number of hydrogen-bond donors (Lipinski definition) is 0. The largest absolute Gasteiger partial charge is 0.448 e. The Hall–Kier alpha value is -2.67. The highest BCUT2D eigenvalue weighted by molar-refractivity contribution is 5.73. The number of cyclic esters (lactones) is 1. The van der Waals surface area contributed by atoms with E-state index in [1.807, 2.05) is 18.2 Å². The SMILES string of the molecule is O=C1OCCN1CCCCCN1CCC2C(C1)c1cc(F)ccc1N2c1ccc(F)cc1. The van der Waals surface area contributed by atoms with E-state index in [2.05, 4.69) is 9.80 Å². The van der Waals surface area contributed by atoms with Crippen LogP contribution in [0.15, 0.2) is 42.5 Å². The summed E-state index contributed by atoms with van der Waals surface area (Å²) in [5.74, 6) is -0.222. The van der Waals surface area contributed by atoms with Crippen molar-refractivity contribution in [1.29, 1.82) is 0 Å². The highest BCUT2D eigenvalue weighted by Crippen LogP contribution is 2.48. The number of carbonyl (C=O) groups is 1. The Kier molecular flexibility index (Phi) is 6.00. The summed E-state index contributed by atoms with van der Waals surface area (Å²) in [6.07, 6.45) is 3.93. The standard InChI is InChI=1S/C25H29F2N3O2/c26-18-4-7-20(8-5-18)30-23-9-6-19(27)16-21(23)22-17-28(13-10-24(22)30)11-2-1-3-12-29-14-15-32-25(29)31/h4-9,16,22,24H,1-3,10-15,17H2. The Balaban J connectivity index is 1.22. The van der Waals surface area contributed by atoms with Crippen molar-refractivity contribution in [2.75, 3.05) is 44.2 Å². The molecule has 7 heteroatoms. The smallest absolute Gasteiger partial charge is 0.409 e. The van der Waals surface area contributed by atoms with Crippen LogP contribution < -0.4 is 4.90 Å². The lowest BCUT2D eigenvalue weighted by molar-refractivity contribution is 0.157. The molecule has 0 radical (unpaired) electrons. The molecular formula is C25H29F2N3O2. The minimum Gasteiger partial charge on any atom is -0.448 e. The number of ether oxygens (including phenoxy) is 1. The van der Waals surface area contributed by atoms with Crippen molar-refractivity contribution in [3.63, 3.8) is 0 Å². The molecule has 3 aliphatic heterocycles. The van der Waals surface area contributed by atoms with Crippen LogP contribution in [0.1, 0.15) is 37.2 Å². The van der Waals surface area contributed by atoms with Gasteiger partial charge in [-0.3, -0.25) is 0 Å². The van der Waals surface area contributed by atoms with Crippen molar-refractivity contribution < 1.29 is 18.3 Å². The number of anilines is 2. The lowest BCUT2D eigenvalue weighted by Crippen LogP contribution is -2.45. The number of amides is 1. The molecular weight excluding hydrogens is 412 g/mol. The Morgan fingerprint density at radius 2 is 1.72 bits per heavy atom.